The van der Waals surface area contributed by atoms with E-state index >= 15 is 0 Å². The molecule has 0 amide bonds. The Morgan fingerprint density at radius 1 is 1.28 bits per heavy atom. The topological polar surface area (TPSA) is 81.0 Å². The van der Waals surface area contributed by atoms with Crippen LogP contribution in [-0.2, 0) is 11.8 Å². The van der Waals surface area contributed by atoms with E-state index in [1.165, 1.54) is 16.7 Å². The van der Waals surface area contributed by atoms with Crippen LogP contribution in [0.15, 0.2) is 41.2 Å². The van der Waals surface area contributed by atoms with Gasteiger partial charge in [-0.05, 0) is 30.7 Å². The van der Waals surface area contributed by atoms with Crippen molar-refractivity contribution in [2.75, 3.05) is 39.5 Å². The molecule has 2 aromatic rings. The van der Waals surface area contributed by atoms with Gasteiger partial charge in [-0.2, -0.15) is 0 Å². The Morgan fingerprint density at radius 2 is 2.03 bits per heavy atom. The van der Waals surface area contributed by atoms with E-state index in [0.717, 1.165) is 38.4 Å². The molecule has 0 saturated carbocycles. The van der Waals surface area contributed by atoms with Crippen LogP contribution >= 0.6 is 0 Å². The van der Waals surface area contributed by atoms with Crippen LogP contribution in [0.3, 0.4) is 0 Å². The molecular weight excluding hydrogens is 372 g/mol. The summed E-state index contributed by atoms with van der Waals surface area (Å²) < 4.78 is 12.5. The summed E-state index contributed by atoms with van der Waals surface area (Å²) in [6.07, 6.45) is 2.90. The lowest BCUT2D eigenvalue weighted by Crippen LogP contribution is -2.38. The number of hydrogen-bond acceptors (Lipinski definition) is 6. The Labute approximate surface area is 169 Å². The number of ether oxygens (including phenoxy) is 2. The molecule has 1 fully saturated rings. The molecule has 1 aromatic carbocycles. The zero-order valence-electron chi connectivity index (χ0n) is 16.8. The van der Waals surface area contributed by atoms with Crippen LogP contribution in [0, 0.1) is 6.92 Å². The first kappa shape index (κ1) is 20.8. The largest absolute Gasteiger partial charge is 0.507 e. The van der Waals surface area contributed by atoms with Gasteiger partial charge in [0.1, 0.15) is 23.7 Å². The molecule has 1 aliphatic heterocycles. The third-order valence-electron chi connectivity index (χ3n) is 4.96. The highest BCUT2D eigenvalue weighted by molar-refractivity contribution is 6.08. The van der Waals surface area contributed by atoms with Gasteiger partial charge in [-0.25, -0.2) is 0 Å². The fraction of sp³-hybridized carbons (Fsp3) is 0.364. The van der Waals surface area contributed by atoms with Gasteiger partial charge in [0.15, 0.2) is 5.78 Å². The maximum atomic E-state index is 12.4. The molecule has 0 radical (unpaired) electrons. The highest BCUT2D eigenvalue weighted by Crippen LogP contribution is 2.18. The minimum atomic E-state index is -0.540. The van der Waals surface area contributed by atoms with Gasteiger partial charge in [-0.1, -0.05) is 18.2 Å². The van der Waals surface area contributed by atoms with Gasteiger partial charge in [0.2, 0.25) is 0 Å². The number of morpholine rings is 1. The van der Waals surface area contributed by atoms with Crippen molar-refractivity contribution >= 4 is 11.9 Å². The summed E-state index contributed by atoms with van der Waals surface area (Å²) in [5.41, 5.74) is 0.602. The fourth-order valence-corrected chi connectivity index (χ4v) is 3.12. The third-order valence-corrected chi connectivity index (χ3v) is 4.96. The number of rotatable bonds is 7. The zero-order valence-corrected chi connectivity index (χ0v) is 16.8. The number of hydrogen-bond donors (Lipinski definition) is 1. The summed E-state index contributed by atoms with van der Waals surface area (Å²) >= 11 is 0. The minimum absolute atomic E-state index is 0.229. The summed E-state index contributed by atoms with van der Waals surface area (Å²) in [6, 6.07) is 8.78. The number of pyridine rings is 1. The predicted molar refractivity (Wildman–Crippen MR) is 111 cm³/mol. The molecule has 1 aromatic heterocycles. The molecule has 0 spiro atoms. The van der Waals surface area contributed by atoms with Crippen molar-refractivity contribution in [1.29, 1.82) is 0 Å². The first-order valence-corrected chi connectivity index (χ1v) is 9.60. The smallest absolute Gasteiger partial charge is 0.265 e. The Hall–Kier alpha value is -2.90. The second-order valence-corrected chi connectivity index (χ2v) is 6.98. The number of allylic oxidation sites excluding steroid dienone is 1. The van der Waals surface area contributed by atoms with E-state index in [-0.39, 0.29) is 11.3 Å². The van der Waals surface area contributed by atoms with Gasteiger partial charge in [-0.3, -0.25) is 14.5 Å². The Balaban J connectivity index is 1.64. The van der Waals surface area contributed by atoms with Crippen LogP contribution in [-0.4, -0.2) is 59.8 Å². The average molecular weight is 398 g/mol. The van der Waals surface area contributed by atoms with Crippen LogP contribution in [0.25, 0.3) is 6.08 Å². The second-order valence-electron chi connectivity index (χ2n) is 6.98. The highest BCUT2D eigenvalue weighted by Gasteiger charge is 2.16. The van der Waals surface area contributed by atoms with Crippen molar-refractivity contribution in [3.05, 3.63) is 63.6 Å². The molecule has 0 unspecified atom stereocenters. The molecule has 3 rings (SSSR count). The Morgan fingerprint density at radius 3 is 2.79 bits per heavy atom. The Kier molecular flexibility index (Phi) is 6.85. The normalized spacial score (nSPS) is 15.0. The lowest BCUT2D eigenvalue weighted by atomic mass is 10.1. The first-order valence-electron chi connectivity index (χ1n) is 9.60. The number of aromatic nitrogens is 1. The van der Waals surface area contributed by atoms with Crippen LogP contribution in [0.5, 0.6) is 11.5 Å². The van der Waals surface area contributed by atoms with Gasteiger partial charge in [-0.15, -0.1) is 0 Å². The van der Waals surface area contributed by atoms with Crippen LogP contribution in [0.2, 0.25) is 0 Å². The van der Waals surface area contributed by atoms with E-state index in [9.17, 15) is 14.7 Å². The summed E-state index contributed by atoms with van der Waals surface area (Å²) in [5.74, 6) is -0.135. The standard InChI is InChI=1S/C22H26N2O5/c1-16-14-20(26)21(22(27)23(16)2)19(25)7-6-17-4-3-5-18(15-17)29-13-10-24-8-11-28-12-9-24/h3-7,14-15,26H,8-13H2,1-2H3/b7-6+. The molecule has 1 aliphatic rings. The van der Waals surface area contributed by atoms with Gasteiger partial charge in [0, 0.05) is 38.4 Å². The van der Waals surface area contributed by atoms with Crippen molar-refractivity contribution in [3.63, 3.8) is 0 Å². The van der Waals surface area contributed by atoms with Gasteiger partial charge >= 0.3 is 0 Å². The molecule has 0 atom stereocenters. The molecule has 2 heterocycles. The van der Waals surface area contributed by atoms with Crippen molar-refractivity contribution in [1.82, 2.24) is 9.47 Å². The highest BCUT2D eigenvalue weighted by atomic mass is 16.5. The van der Waals surface area contributed by atoms with Crippen LogP contribution in [0.1, 0.15) is 21.6 Å². The molecule has 1 saturated heterocycles. The van der Waals surface area contributed by atoms with E-state index in [1.807, 2.05) is 24.3 Å². The molecule has 154 valence electrons. The number of carbonyl (C=O) groups excluding carboxylic acids is 1. The SMILES string of the molecule is Cc1cc(O)c(C(=O)/C=C/c2cccc(OCCN3CCOCC3)c2)c(=O)n1C. The Bertz CT molecular complexity index is 958. The molecule has 7 heteroatoms. The van der Waals surface area contributed by atoms with E-state index < -0.39 is 11.3 Å². The monoisotopic (exact) mass is 398 g/mol. The number of carbonyl (C=O) groups is 1. The van der Waals surface area contributed by atoms with Crippen molar-refractivity contribution in [2.45, 2.75) is 6.92 Å². The van der Waals surface area contributed by atoms with Crippen molar-refractivity contribution in [2.24, 2.45) is 7.05 Å². The third kappa shape index (κ3) is 5.34. The molecule has 0 bridgehead atoms. The van der Waals surface area contributed by atoms with E-state index in [4.69, 9.17) is 9.47 Å². The van der Waals surface area contributed by atoms with E-state index in [0.29, 0.717) is 18.1 Å². The molecule has 1 N–H and O–H groups in total. The number of ketones is 1. The van der Waals surface area contributed by atoms with E-state index in [2.05, 4.69) is 4.90 Å². The summed E-state index contributed by atoms with van der Waals surface area (Å²) in [6.45, 7) is 6.44. The quantitative estimate of drug-likeness (QED) is 0.568. The van der Waals surface area contributed by atoms with Crippen molar-refractivity contribution in [3.8, 4) is 11.5 Å². The number of benzene rings is 1. The first-order chi connectivity index (χ1) is 14.0. The van der Waals surface area contributed by atoms with Crippen molar-refractivity contribution < 1.29 is 19.4 Å². The predicted octanol–water partition coefficient (Wildman–Crippen LogP) is 2.01. The maximum Gasteiger partial charge on any atom is 0.265 e. The number of aromatic hydroxyl groups is 1. The van der Waals surface area contributed by atoms with Crippen LogP contribution in [0.4, 0.5) is 0 Å². The van der Waals surface area contributed by atoms with Gasteiger partial charge in [0.25, 0.3) is 5.56 Å². The fourth-order valence-electron chi connectivity index (χ4n) is 3.12. The van der Waals surface area contributed by atoms with Crippen LogP contribution < -0.4 is 10.3 Å². The second kappa shape index (κ2) is 9.54. The minimum Gasteiger partial charge on any atom is -0.507 e. The number of aryl methyl sites for hydroxylation is 1. The molecule has 29 heavy (non-hydrogen) atoms. The molecule has 7 nitrogen and oxygen atoms in total. The van der Waals surface area contributed by atoms with Gasteiger partial charge < -0.3 is 19.1 Å². The summed E-state index contributed by atoms with van der Waals surface area (Å²) in [4.78, 5) is 27.0. The molecular formula is C22H26N2O5. The number of nitrogens with zero attached hydrogens (tertiary/aromatic N) is 2. The zero-order chi connectivity index (χ0) is 20.8. The van der Waals surface area contributed by atoms with E-state index in [1.54, 1.807) is 20.0 Å². The average Bonchev–Trinajstić information content (AvgIpc) is 2.72. The summed E-state index contributed by atoms with van der Waals surface area (Å²) in [5, 5.41) is 10.0. The summed E-state index contributed by atoms with van der Waals surface area (Å²) in [7, 11) is 1.56. The lowest BCUT2D eigenvalue weighted by Gasteiger charge is -2.26. The lowest BCUT2D eigenvalue weighted by molar-refractivity contribution is 0.0322. The maximum absolute atomic E-state index is 12.4. The van der Waals surface area contributed by atoms with Gasteiger partial charge in [0.05, 0.1) is 13.2 Å². The molecule has 0 aliphatic carbocycles.